The molecule has 3 aromatic carbocycles. The average Bonchev–Trinajstić information content (AvgIpc) is 2.53. The van der Waals surface area contributed by atoms with Crippen molar-refractivity contribution in [1.29, 1.82) is 0 Å². The summed E-state index contributed by atoms with van der Waals surface area (Å²) in [6, 6.07) is 22.3. The second-order valence-electron chi connectivity index (χ2n) is 4.61. The Morgan fingerprint density at radius 1 is 0.800 bits per heavy atom. The van der Waals surface area contributed by atoms with Crippen LogP contribution in [0.2, 0.25) is 0 Å². The molecule has 0 N–H and O–H groups in total. The second-order valence-corrected chi connectivity index (χ2v) is 4.61. The van der Waals surface area contributed by atoms with Crippen molar-refractivity contribution in [3.63, 3.8) is 0 Å². The highest BCUT2D eigenvalue weighted by Gasteiger charge is 2.02. The lowest BCUT2D eigenvalue weighted by Gasteiger charge is -2.09. The summed E-state index contributed by atoms with van der Waals surface area (Å²) in [5.74, 6) is 1.78. The molecule has 0 radical (unpaired) electrons. The number of hydrogen-bond acceptors (Lipinski definition) is 2. The van der Waals surface area contributed by atoms with Crippen LogP contribution in [0.1, 0.15) is 5.56 Å². The smallest absolute Gasteiger partial charge is 0.127 e. The maximum absolute atomic E-state index is 5.94. The van der Waals surface area contributed by atoms with E-state index in [9.17, 15) is 0 Å². The lowest BCUT2D eigenvalue weighted by Crippen LogP contribution is -1.96. The molecule has 0 spiro atoms. The fraction of sp³-hybridized carbons (Fsp3) is 0.111. The van der Waals surface area contributed by atoms with E-state index >= 15 is 0 Å². The summed E-state index contributed by atoms with van der Waals surface area (Å²) >= 11 is 0. The summed E-state index contributed by atoms with van der Waals surface area (Å²) < 4.78 is 11.1. The Labute approximate surface area is 118 Å². The number of rotatable bonds is 4. The Kier molecular flexibility index (Phi) is 3.55. The van der Waals surface area contributed by atoms with Crippen molar-refractivity contribution in [2.24, 2.45) is 0 Å². The number of fused-ring (bicyclic) bond motifs is 1. The first-order chi connectivity index (χ1) is 9.86. The minimum atomic E-state index is 0.554. The van der Waals surface area contributed by atoms with Crippen LogP contribution in [0, 0.1) is 0 Å². The third kappa shape index (κ3) is 2.59. The monoisotopic (exact) mass is 264 g/mol. The molecule has 0 unspecified atom stereocenters. The molecule has 0 saturated carbocycles. The van der Waals surface area contributed by atoms with Crippen molar-refractivity contribution in [1.82, 2.24) is 0 Å². The van der Waals surface area contributed by atoms with Gasteiger partial charge in [0.15, 0.2) is 0 Å². The van der Waals surface area contributed by atoms with Gasteiger partial charge in [-0.3, -0.25) is 0 Å². The lowest BCUT2D eigenvalue weighted by atomic mass is 10.1. The van der Waals surface area contributed by atoms with Gasteiger partial charge in [0.25, 0.3) is 0 Å². The van der Waals surface area contributed by atoms with Gasteiger partial charge in [-0.2, -0.15) is 0 Å². The van der Waals surface area contributed by atoms with E-state index in [1.54, 1.807) is 7.11 Å². The highest BCUT2D eigenvalue weighted by molar-refractivity contribution is 5.88. The second kappa shape index (κ2) is 5.66. The third-order valence-electron chi connectivity index (χ3n) is 3.30. The van der Waals surface area contributed by atoms with Crippen LogP contribution in [0.3, 0.4) is 0 Å². The first-order valence-electron chi connectivity index (χ1n) is 6.60. The lowest BCUT2D eigenvalue weighted by molar-refractivity contribution is 0.310. The molecule has 0 aliphatic rings. The molecule has 0 heterocycles. The van der Waals surface area contributed by atoms with Gasteiger partial charge in [0.05, 0.1) is 7.11 Å². The summed E-state index contributed by atoms with van der Waals surface area (Å²) in [6.07, 6.45) is 0. The number of ether oxygens (including phenoxy) is 2. The molecule has 20 heavy (non-hydrogen) atoms. The minimum absolute atomic E-state index is 0.554. The Morgan fingerprint density at radius 2 is 1.55 bits per heavy atom. The maximum Gasteiger partial charge on any atom is 0.127 e. The van der Waals surface area contributed by atoms with Crippen LogP contribution in [-0.4, -0.2) is 7.11 Å². The van der Waals surface area contributed by atoms with Crippen molar-refractivity contribution in [3.8, 4) is 11.5 Å². The van der Waals surface area contributed by atoms with Crippen molar-refractivity contribution in [3.05, 3.63) is 72.3 Å². The Bertz CT molecular complexity index is 697. The van der Waals surface area contributed by atoms with Crippen LogP contribution in [0.5, 0.6) is 11.5 Å². The van der Waals surface area contributed by atoms with Gasteiger partial charge in [0.2, 0.25) is 0 Å². The zero-order valence-corrected chi connectivity index (χ0v) is 11.4. The van der Waals surface area contributed by atoms with Crippen molar-refractivity contribution in [2.45, 2.75) is 6.61 Å². The zero-order valence-electron chi connectivity index (χ0n) is 11.4. The molecule has 3 aromatic rings. The molecule has 0 bridgehead atoms. The van der Waals surface area contributed by atoms with Gasteiger partial charge in [-0.1, -0.05) is 48.5 Å². The van der Waals surface area contributed by atoms with Gasteiger partial charge in [0.1, 0.15) is 18.1 Å². The van der Waals surface area contributed by atoms with E-state index in [2.05, 4.69) is 18.2 Å². The van der Waals surface area contributed by atoms with Gasteiger partial charge in [-0.25, -0.2) is 0 Å². The molecule has 0 atom stereocenters. The highest BCUT2D eigenvalue weighted by Crippen LogP contribution is 2.26. The van der Waals surface area contributed by atoms with E-state index in [4.69, 9.17) is 9.47 Å². The molecule has 2 nitrogen and oxygen atoms in total. The van der Waals surface area contributed by atoms with Crippen molar-refractivity contribution >= 4 is 10.8 Å². The number of benzene rings is 3. The molecule has 2 heteroatoms. The number of hydrogen-bond donors (Lipinski definition) is 0. The number of methoxy groups -OCH3 is 1. The first-order valence-corrected chi connectivity index (χ1v) is 6.60. The van der Waals surface area contributed by atoms with E-state index in [1.165, 1.54) is 5.39 Å². The summed E-state index contributed by atoms with van der Waals surface area (Å²) in [7, 11) is 1.67. The highest BCUT2D eigenvalue weighted by atomic mass is 16.5. The Hall–Kier alpha value is -2.48. The fourth-order valence-electron chi connectivity index (χ4n) is 2.20. The van der Waals surface area contributed by atoms with E-state index in [-0.39, 0.29) is 0 Å². The van der Waals surface area contributed by atoms with Gasteiger partial charge < -0.3 is 9.47 Å². The molecule has 0 aliphatic heterocycles. The van der Waals surface area contributed by atoms with Crippen molar-refractivity contribution in [2.75, 3.05) is 7.11 Å². The quantitative estimate of drug-likeness (QED) is 0.694. The predicted octanol–water partition coefficient (Wildman–Crippen LogP) is 4.43. The molecule has 100 valence electrons. The molecule has 0 saturated heterocycles. The summed E-state index contributed by atoms with van der Waals surface area (Å²) in [5.41, 5.74) is 1.12. The van der Waals surface area contributed by atoms with E-state index in [1.807, 2.05) is 48.5 Å². The van der Waals surface area contributed by atoms with Gasteiger partial charge in [-0.05, 0) is 29.1 Å². The average molecular weight is 264 g/mol. The van der Waals surface area contributed by atoms with E-state index < -0.39 is 0 Å². The van der Waals surface area contributed by atoms with Gasteiger partial charge in [-0.15, -0.1) is 0 Å². The van der Waals surface area contributed by atoms with Crippen molar-refractivity contribution < 1.29 is 9.47 Å². The van der Waals surface area contributed by atoms with Crippen LogP contribution in [-0.2, 0) is 6.61 Å². The molecular weight excluding hydrogens is 248 g/mol. The Morgan fingerprint density at radius 3 is 2.35 bits per heavy atom. The van der Waals surface area contributed by atoms with Gasteiger partial charge in [0, 0.05) is 5.39 Å². The maximum atomic E-state index is 5.94. The van der Waals surface area contributed by atoms with Gasteiger partial charge >= 0.3 is 0 Å². The Balaban J connectivity index is 1.79. The van der Waals surface area contributed by atoms with Crippen LogP contribution >= 0.6 is 0 Å². The molecule has 0 aliphatic carbocycles. The fourth-order valence-corrected chi connectivity index (χ4v) is 2.20. The first kappa shape index (κ1) is 12.5. The SMILES string of the molecule is COc1ccc(COc2cccc3ccccc23)cc1. The largest absolute Gasteiger partial charge is 0.497 e. The van der Waals surface area contributed by atoms with E-state index in [0.717, 1.165) is 22.4 Å². The predicted molar refractivity (Wildman–Crippen MR) is 81.3 cm³/mol. The van der Waals surface area contributed by atoms with Crippen LogP contribution in [0.25, 0.3) is 10.8 Å². The summed E-state index contributed by atoms with van der Waals surface area (Å²) in [6.45, 7) is 0.554. The van der Waals surface area contributed by atoms with E-state index in [0.29, 0.717) is 6.61 Å². The summed E-state index contributed by atoms with van der Waals surface area (Å²) in [4.78, 5) is 0. The third-order valence-corrected chi connectivity index (χ3v) is 3.30. The minimum Gasteiger partial charge on any atom is -0.497 e. The van der Waals surface area contributed by atoms with Crippen LogP contribution in [0.15, 0.2) is 66.7 Å². The zero-order chi connectivity index (χ0) is 13.8. The molecule has 0 amide bonds. The standard InChI is InChI=1S/C18H16O2/c1-19-16-11-9-14(10-12-16)13-20-18-8-4-6-15-5-2-3-7-17(15)18/h2-12H,13H2,1H3. The molecule has 0 fully saturated rings. The normalized spacial score (nSPS) is 10.4. The topological polar surface area (TPSA) is 18.5 Å². The van der Waals surface area contributed by atoms with Crippen LogP contribution in [0.4, 0.5) is 0 Å². The molecular formula is C18H16O2. The summed E-state index contributed by atoms with van der Waals surface area (Å²) in [5, 5.41) is 2.34. The van der Waals surface area contributed by atoms with Crippen LogP contribution < -0.4 is 9.47 Å². The molecule has 0 aromatic heterocycles. The molecule has 3 rings (SSSR count).